The van der Waals surface area contributed by atoms with Crippen LogP contribution in [0.25, 0.3) is 11.4 Å². The molecule has 1 fully saturated rings. The second-order valence-corrected chi connectivity index (χ2v) is 4.74. The highest BCUT2D eigenvalue weighted by atomic mass is 16.5. The Hall–Kier alpha value is -2.44. The highest BCUT2D eigenvalue weighted by Crippen LogP contribution is 2.28. The predicted molar refractivity (Wildman–Crippen MR) is 69.1 cm³/mol. The van der Waals surface area contributed by atoms with Gasteiger partial charge in [-0.1, -0.05) is 5.16 Å². The molecular weight excluding hydrogens is 260 g/mol. The van der Waals surface area contributed by atoms with Crippen molar-refractivity contribution in [3.8, 4) is 11.4 Å². The van der Waals surface area contributed by atoms with Crippen LogP contribution in [0, 0.1) is 0 Å². The third-order valence-corrected chi connectivity index (χ3v) is 3.49. The quantitative estimate of drug-likeness (QED) is 0.900. The summed E-state index contributed by atoms with van der Waals surface area (Å²) >= 11 is 0. The molecule has 2 aromatic rings. The van der Waals surface area contributed by atoms with Gasteiger partial charge in [0.15, 0.2) is 0 Å². The molecule has 1 saturated heterocycles. The Morgan fingerprint density at radius 3 is 2.65 bits per heavy atom. The Morgan fingerprint density at radius 1 is 1.30 bits per heavy atom. The fraction of sp³-hybridized carbons (Fsp3) is 0.385. The van der Waals surface area contributed by atoms with E-state index in [1.807, 2.05) is 12.1 Å². The molecule has 20 heavy (non-hydrogen) atoms. The number of rotatable bonds is 2. The van der Waals surface area contributed by atoms with Crippen molar-refractivity contribution in [2.45, 2.75) is 18.8 Å². The second kappa shape index (κ2) is 5.28. The fourth-order valence-corrected chi connectivity index (χ4v) is 2.34. The van der Waals surface area contributed by atoms with E-state index in [2.05, 4.69) is 15.1 Å². The van der Waals surface area contributed by atoms with Gasteiger partial charge in [-0.3, -0.25) is 4.98 Å². The molecule has 7 heteroatoms. The van der Waals surface area contributed by atoms with Gasteiger partial charge in [-0.05, 0) is 25.0 Å². The zero-order chi connectivity index (χ0) is 13.9. The van der Waals surface area contributed by atoms with Crippen LogP contribution in [0.3, 0.4) is 0 Å². The summed E-state index contributed by atoms with van der Waals surface area (Å²) in [5.41, 5.74) is 0.859. The molecule has 3 rings (SSSR count). The Kier molecular flexibility index (Phi) is 3.32. The fourth-order valence-electron chi connectivity index (χ4n) is 2.34. The van der Waals surface area contributed by atoms with Gasteiger partial charge in [-0.25, -0.2) is 4.79 Å². The first-order valence-corrected chi connectivity index (χ1v) is 6.46. The highest BCUT2D eigenvalue weighted by Gasteiger charge is 2.27. The first kappa shape index (κ1) is 12.6. The van der Waals surface area contributed by atoms with E-state index in [1.54, 1.807) is 12.4 Å². The number of amides is 1. The molecule has 2 aromatic heterocycles. The maximum absolute atomic E-state index is 10.9. The van der Waals surface area contributed by atoms with Crippen molar-refractivity contribution in [1.82, 2.24) is 20.0 Å². The summed E-state index contributed by atoms with van der Waals surface area (Å²) in [4.78, 5) is 20.6. The van der Waals surface area contributed by atoms with E-state index in [9.17, 15) is 4.79 Å². The maximum Gasteiger partial charge on any atom is 0.407 e. The van der Waals surface area contributed by atoms with Gasteiger partial charge in [0.2, 0.25) is 11.7 Å². The van der Waals surface area contributed by atoms with Gasteiger partial charge in [-0.15, -0.1) is 0 Å². The van der Waals surface area contributed by atoms with E-state index in [0.717, 1.165) is 5.56 Å². The first-order valence-electron chi connectivity index (χ1n) is 6.46. The summed E-state index contributed by atoms with van der Waals surface area (Å²) in [6.45, 7) is 1.01. The van der Waals surface area contributed by atoms with Gasteiger partial charge in [0.25, 0.3) is 0 Å². The van der Waals surface area contributed by atoms with Crippen molar-refractivity contribution in [1.29, 1.82) is 0 Å². The van der Waals surface area contributed by atoms with Gasteiger partial charge >= 0.3 is 6.09 Å². The lowest BCUT2D eigenvalue weighted by atomic mass is 9.97. The zero-order valence-corrected chi connectivity index (χ0v) is 10.8. The average molecular weight is 274 g/mol. The lowest BCUT2D eigenvalue weighted by Crippen LogP contribution is -2.36. The summed E-state index contributed by atoms with van der Waals surface area (Å²) in [7, 11) is 0. The molecule has 1 aliphatic rings. The zero-order valence-electron chi connectivity index (χ0n) is 10.8. The predicted octanol–water partition coefficient (Wildman–Crippen LogP) is 1.99. The van der Waals surface area contributed by atoms with Crippen LogP contribution < -0.4 is 0 Å². The summed E-state index contributed by atoms with van der Waals surface area (Å²) in [5, 5.41) is 12.9. The van der Waals surface area contributed by atoms with E-state index in [0.29, 0.717) is 37.6 Å². The number of piperidine rings is 1. The molecule has 7 nitrogen and oxygen atoms in total. The highest BCUT2D eigenvalue weighted by molar-refractivity contribution is 5.65. The maximum atomic E-state index is 10.9. The van der Waals surface area contributed by atoms with Crippen LogP contribution >= 0.6 is 0 Å². The van der Waals surface area contributed by atoms with E-state index >= 15 is 0 Å². The summed E-state index contributed by atoms with van der Waals surface area (Å²) < 4.78 is 5.31. The molecule has 0 unspecified atom stereocenters. The molecule has 1 N–H and O–H groups in total. The van der Waals surface area contributed by atoms with E-state index < -0.39 is 6.09 Å². The smallest absolute Gasteiger partial charge is 0.407 e. The third kappa shape index (κ3) is 2.47. The monoisotopic (exact) mass is 274 g/mol. The van der Waals surface area contributed by atoms with Gasteiger partial charge in [-0.2, -0.15) is 4.98 Å². The Bertz CT molecular complexity index is 591. The van der Waals surface area contributed by atoms with Crippen molar-refractivity contribution in [3.05, 3.63) is 30.4 Å². The normalized spacial score (nSPS) is 16.3. The molecule has 0 aliphatic carbocycles. The molecule has 0 spiro atoms. The van der Waals surface area contributed by atoms with E-state index in [-0.39, 0.29) is 5.92 Å². The van der Waals surface area contributed by atoms with Gasteiger partial charge in [0.1, 0.15) is 0 Å². The van der Waals surface area contributed by atoms with Gasteiger partial charge < -0.3 is 14.5 Å². The molecule has 0 saturated carbocycles. The molecule has 1 aliphatic heterocycles. The molecule has 0 radical (unpaired) electrons. The molecule has 3 heterocycles. The van der Waals surface area contributed by atoms with Crippen LogP contribution in [0.15, 0.2) is 29.0 Å². The van der Waals surface area contributed by atoms with Crippen molar-refractivity contribution < 1.29 is 14.4 Å². The molecule has 0 aromatic carbocycles. The number of likely N-dealkylation sites (tertiary alicyclic amines) is 1. The van der Waals surface area contributed by atoms with Crippen LogP contribution in [-0.2, 0) is 0 Å². The number of aromatic nitrogens is 3. The van der Waals surface area contributed by atoms with Crippen LogP contribution in [0.1, 0.15) is 24.7 Å². The van der Waals surface area contributed by atoms with Crippen molar-refractivity contribution >= 4 is 6.09 Å². The second-order valence-electron chi connectivity index (χ2n) is 4.74. The minimum Gasteiger partial charge on any atom is -0.465 e. The molecule has 1 amide bonds. The van der Waals surface area contributed by atoms with Crippen molar-refractivity contribution in [2.24, 2.45) is 0 Å². The number of nitrogens with zero attached hydrogens (tertiary/aromatic N) is 4. The van der Waals surface area contributed by atoms with Crippen LogP contribution in [0.5, 0.6) is 0 Å². The molecular formula is C13H14N4O3. The average Bonchev–Trinajstić information content (AvgIpc) is 2.98. The first-order chi connectivity index (χ1) is 9.74. The van der Waals surface area contributed by atoms with Gasteiger partial charge in [0, 0.05) is 37.0 Å². The Morgan fingerprint density at radius 2 is 2.00 bits per heavy atom. The topological polar surface area (TPSA) is 92.3 Å². The Labute approximate surface area is 115 Å². The van der Waals surface area contributed by atoms with E-state index in [4.69, 9.17) is 9.63 Å². The number of carbonyl (C=O) groups is 1. The standard InChI is InChI=1S/C13H14N4O3/c18-13(19)17-7-3-10(4-8-17)12-15-11(16-20-12)9-1-5-14-6-2-9/h1-2,5-6,10H,3-4,7-8H2,(H,18,19). The minimum atomic E-state index is -0.869. The van der Waals surface area contributed by atoms with Crippen molar-refractivity contribution in [2.75, 3.05) is 13.1 Å². The van der Waals surface area contributed by atoms with Crippen molar-refractivity contribution in [3.63, 3.8) is 0 Å². The number of carboxylic acid groups (broad SMARTS) is 1. The SMILES string of the molecule is O=C(O)N1CCC(c2nc(-c3ccncc3)no2)CC1. The van der Waals surface area contributed by atoms with Crippen LogP contribution in [0.2, 0.25) is 0 Å². The Balaban J connectivity index is 1.71. The number of pyridine rings is 1. The summed E-state index contributed by atoms with van der Waals surface area (Å²) in [6, 6.07) is 3.64. The number of hydrogen-bond donors (Lipinski definition) is 1. The summed E-state index contributed by atoms with van der Waals surface area (Å²) in [5.74, 6) is 1.26. The van der Waals surface area contributed by atoms with Crippen LogP contribution in [0.4, 0.5) is 4.79 Å². The van der Waals surface area contributed by atoms with Gasteiger partial charge in [0.05, 0.1) is 0 Å². The molecule has 0 bridgehead atoms. The molecule has 104 valence electrons. The number of hydrogen-bond acceptors (Lipinski definition) is 5. The molecule has 0 atom stereocenters. The third-order valence-electron chi connectivity index (χ3n) is 3.49. The lowest BCUT2D eigenvalue weighted by molar-refractivity contribution is 0.128. The van der Waals surface area contributed by atoms with E-state index in [1.165, 1.54) is 4.90 Å². The lowest BCUT2D eigenvalue weighted by Gasteiger charge is -2.27. The largest absolute Gasteiger partial charge is 0.465 e. The minimum absolute atomic E-state index is 0.133. The van der Waals surface area contributed by atoms with Crippen LogP contribution in [-0.4, -0.2) is 44.3 Å². The summed E-state index contributed by atoms with van der Waals surface area (Å²) in [6.07, 6.45) is 3.91.